The van der Waals surface area contributed by atoms with Gasteiger partial charge in [-0.25, -0.2) is 15.1 Å². The van der Waals surface area contributed by atoms with E-state index in [1.807, 2.05) is 26.0 Å². The van der Waals surface area contributed by atoms with Crippen molar-refractivity contribution in [1.82, 2.24) is 10.7 Å². The van der Waals surface area contributed by atoms with Crippen LogP contribution in [-0.2, 0) is 4.79 Å². The summed E-state index contributed by atoms with van der Waals surface area (Å²) >= 11 is 0. The molecule has 35 heavy (non-hydrogen) atoms. The summed E-state index contributed by atoms with van der Waals surface area (Å²) in [6.45, 7) is 8.01. The summed E-state index contributed by atoms with van der Waals surface area (Å²) in [6.07, 6.45) is 0.879. The zero-order valence-corrected chi connectivity index (χ0v) is 20.2. The van der Waals surface area contributed by atoms with E-state index in [1.165, 1.54) is 0 Å². The number of rotatable bonds is 14. The second-order valence-corrected chi connectivity index (χ2v) is 9.04. The van der Waals surface area contributed by atoms with Crippen molar-refractivity contribution in [1.29, 1.82) is 0 Å². The molecule has 0 bridgehead atoms. The van der Waals surface area contributed by atoms with Gasteiger partial charge in [-0.2, -0.15) is 0 Å². The van der Waals surface area contributed by atoms with Gasteiger partial charge in [0.25, 0.3) is 5.96 Å². The summed E-state index contributed by atoms with van der Waals surface area (Å²) in [7, 11) is -1.73. The normalized spacial score (nSPS) is 13.1. The molecule has 1 amide bonds. The van der Waals surface area contributed by atoms with Crippen LogP contribution in [0.25, 0.3) is 0 Å². The minimum atomic E-state index is -1.73. The highest BCUT2D eigenvalue weighted by Gasteiger charge is 2.30. The fourth-order valence-corrected chi connectivity index (χ4v) is 3.45. The third-order valence-corrected chi connectivity index (χ3v) is 5.31. The number of benzene rings is 1. The van der Waals surface area contributed by atoms with Gasteiger partial charge in [0.2, 0.25) is 5.91 Å². The van der Waals surface area contributed by atoms with Crippen LogP contribution in [0.15, 0.2) is 29.3 Å². The van der Waals surface area contributed by atoms with E-state index in [-0.39, 0.29) is 44.5 Å². The van der Waals surface area contributed by atoms with Crippen molar-refractivity contribution in [2.75, 3.05) is 6.54 Å². The Morgan fingerprint density at radius 1 is 1.17 bits per heavy atom. The van der Waals surface area contributed by atoms with Crippen LogP contribution in [0.4, 0.5) is 0 Å². The number of amides is 1. The molecule has 1 aromatic carbocycles. The van der Waals surface area contributed by atoms with Crippen LogP contribution < -0.4 is 16.5 Å². The van der Waals surface area contributed by atoms with Crippen LogP contribution in [0.3, 0.4) is 0 Å². The molecular weight excluding hydrogens is 453 g/mol. The lowest BCUT2D eigenvalue weighted by atomic mass is 9.74. The largest absolute Gasteiger partial charge is 0.475 e. The number of hydrazine groups is 1. The molecule has 0 aliphatic rings. The summed E-state index contributed by atoms with van der Waals surface area (Å²) in [6, 6.07) is 7.24. The van der Waals surface area contributed by atoms with Gasteiger partial charge in [0.1, 0.15) is 0 Å². The number of guanidine groups is 1. The molecule has 0 saturated heterocycles. The first-order valence-corrected chi connectivity index (χ1v) is 11.4. The van der Waals surface area contributed by atoms with Gasteiger partial charge in [0, 0.05) is 24.4 Å². The van der Waals surface area contributed by atoms with Gasteiger partial charge in [0.05, 0.1) is 5.94 Å². The van der Waals surface area contributed by atoms with E-state index in [0.29, 0.717) is 24.3 Å². The zero-order valence-electron chi connectivity index (χ0n) is 20.2. The van der Waals surface area contributed by atoms with Crippen LogP contribution in [-0.4, -0.2) is 52.3 Å². The molecule has 11 nitrogen and oxygen atoms in total. The average molecular weight is 493 g/mol. The number of nitrogens with zero attached hydrogens (tertiary/aromatic N) is 2. The molecule has 6 N–H and O–H groups in total. The van der Waals surface area contributed by atoms with E-state index < -0.39 is 29.9 Å². The smallest absolute Gasteiger partial charge is 0.426 e. The fraction of sp³-hybridized carbons (Fsp3) is 0.609. The van der Waals surface area contributed by atoms with E-state index in [9.17, 15) is 29.8 Å². The standard InChI is InChI=1S/C22H36BN5O6.CH4/c1-14(2)12-20(23(31)32)26-21(30)18(6-5-11-25-22(24)27-28(33)34)13-19(29)17-9-7-16(8-10-17)15(3)4;/h7-10,14-15,18,20,31-32H,5-6,11-13H2,1-4H3,(H,26,30)(H3,24,25,27);1H4/t18-,20+;/m1./s1. The highest BCUT2D eigenvalue weighted by atomic mass is 16.7. The van der Waals surface area contributed by atoms with E-state index in [4.69, 9.17) is 5.73 Å². The van der Waals surface area contributed by atoms with Crippen LogP contribution >= 0.6 is 0 Å². The molecule has 0 saturated carbocycles. The van der Waals surface area contributed by atoms with Gasteiger partial charge in [-0.05, 0) is 36.7 Å². The first-order chi connectivity index (χ1) is 15.9. The Morgan fingerprint density at radius 2 is 1.77 bits per heavy atom. The Kier molecular flexibility index (Phi) is 14.5. The minimum Gasteiger partial charge on any atom is -0.426 e. The Hall–Kier alpha value is -2.99. The van der Waals surface area contributed by atoms with Crippen LogP contribution in [0.5, 0.6) is 0 Å². The second kappa shape index (κ2) is 15.8. The van der Waals surface area contributed by atoms with E-state index in [1.54, 1.807) is 17.6 Å². The lowest BCUT2D eigenvalue weighted by molar-refractivity contribution is -0.525. The molecule has 0 heterocycles. The number of aliphatic imine (C=N–C) groups is 1. The zero-order chi connectivity index (χ0) is 25.8. The number of carbonyl (C=O) groups excluding carboxylic acids is 2. The highest BCUT2D eigenvalue weighted by Crippen LogP contribution is 2.20. The van der Waals surface area contributed by atoms with Crippen molar-refractivity contribution in [3.8, 4) is 0 Å². The molecule has 0 aliphatic heterocycles. The van der Waals surface area contributed by atoms with Crippen molar-refractivity contribution in [2.45, 2.75) is 72.7 Å². The van der Waals surface area contributed by atoms with E-state index in [0.717, 1.165) is 5.56 Å². The number of carbonyl (C=O) groups is 2. The monoisotopic (exact) mass is 493 g/mol. The predicted molar refractivity (Wildman–Crippen MR) is 137 cm³/mol. The summed E-state index contributed by atoms with van der Waals surface area (Å²) in [5, 5.41) is 31.5. The molecule has 0 aliphatic carbocycles. The molecule has 0 unspecified atom stereocenters. The third-order valence-electron chi connectivity index (χ3n) is 5.31. The van der Waals surface area contributed by atoms with Gasteiger partial charge in [-0.15, -0.1) is 0 Å². The maximum atomic E-state index is 13.0. The molecule has 0 spiro atoms. The lowest BCUT2D eigenvalue weighted by Gasteiger charge is -2.23. The lowest BCUT2D eigenvalue weighted by Crippen LogP contribution is -2.49. The SMILES string of the molecule is C.CC(C)C[C@H](NC(=O)[C@H](CCCN=C(N)N[N+](=O)[O-])CC(=O)c1ccc(C(C)C)cc1)B(O)O. The number of nitrogens with one attached hydrogen (secondary N) is 2. The van der Waals surface area contributed by atoms with E-state index >= 15 is 0 Å². The molecule has 0 aromatic heterocycles. The molecule has 196 valence electrons. The fourth-order valence-electron chi connectivity index (χ4n) is 3.45. The number of hydrogen-bond donors (Lipinski definition) is 5. The van der Waals surface area contributed by atoms with Gasteiger partial charge in [-0.3, -0.25) is 9.59 Å². The molecule has 0 radical (unpaired) electrons. The van der Waals surface area contributed by atoms with Crippen molar-refractivity contribution in [2.24, 2.45) is 22.6 Å². The summed E-state index contributed by atoms with van der Waals surface area (Å²) in [4.78, 5) is 40.1. The number of hydrogen-bond acceptors (Lipinski definition) is 7. The Balaban J connectivity index is 0.0000116. The van der Waals surface area contributed by atoms with Crippen molar-refractivity contribution in [3.63, 3.8) is 0 Å². The Labute approximate surface area is 207 Å². The maximum Gasteiger partial charge on any atom is 0.475 e. The topological polar surface area (TPSA) is 180 Å². The summed E-state index contributed by atoms with van der Waals surface area (Å²) in [5.41, 5.74) is 8.71. The van der Waals surface area contributed by atoms with Gasteiger partial charge >= 0.3 is 7.12 Å². The van der Waals surface area contributed by atoms with Crippen LogP contribution in [0, 0.1) is 22.0 Å². The number of nitro groups is 1. The number of Topliss-reactive ketones (excluding diaryl/α,β-unsaturated/α-hetero) is 1. The first kappa shape index (κ1) is 32.0. The predicted octanol–water partition coefficient (Wildman–Crippen LogP) is 2.05. The minimum absolute atomic E-state index is 0. The molecule has 1 rings (SSSR count). The summed E-state index contributed by atoms with van der Waals surface area (Å²) in [5.74, 6) is -2.21. The molecule has 2 atom stereocenters. The van der Waals surface area contributed by atoms with Crippen LogP contribution in [0.1, 0.15) is 82.6 Å². The third kappa shape index (κ3) is 12.3. The van der Waals surface area contributed by atoms with Crippen molar-refractivity contribution in [3.05, 3.63) is 45.5 Å². The molecule has 12 heteroatoms. The average Bonchev–Trinajstić information content (AvgIpc) is 2.74. The van der Waals surface area contributed by atoms with Gasteiger partial charge < -0.3 is 21.1 Å². The number of ketones is 1. The second-order valence-electron chi connectivity index (χ2n) is 9.04. The Bertz CT molecular complexity index is 845. The molecular formula is C23H40BN5O6. The quantitative estimate of drug-likeness (QED) is 0.0497. The van der Waals surface area contributed by atoms with Gasteiger partial charge in [-0.1, -0.05) is 64.8 Å². The molecule has 1 aromatic rings. The first-order valence-electron chi connectivity index (χ1n) is 11.4. The Morgan fingerprint density at radius 3 is 2.26 bits per heavy atom. The number of nitrogens with two attached hydrogens (primary N) is 1. The summed E-state index contributed by atoms with van der Waals surface area (Å²) < 4.78 is 0. The maximum absolute atomic E-state index is 13.0. The highest BCUT2D eigenvalue weighted by molar-refractivity contribution is 6.43. The molecule has 0 fully saturated rings. The van der Waals surface area contributed by atoms with Crippen molar-refractivity contribution >= 4 is 24.8 Å². The van der Waals surface area contributed by atoms with E-state index in [2.05, 4.69) is 24.2 Å². The van der Waals surface area contributed by atoms with Gasteiger partial charge in [0.15, 0.2) is 10.8 Å². The van der Waals surface area contributed by atoms with Crippen LogP contribution in [0.2, 0.25) is 0 Å². The van der Waals surface area contributed by atoms with Crippen molar-refractivity contribution < 1.29 is 24.7 Å².